The highest BCUT2D eigenvalue weighted by Crippen LogP contribution is 2.51. The zero-order valence-electron chi connectivity index (χ0n) is 8.96. The number of hydrogen-bond acceptors (Lipinski definition) is 1. The van der Waals surface area contributed by atoms with Gasteiger partial charge in [0, 0.05) is 6.04 Å². The fraction of sp³-hybridized carbons (Fsp3) is 0.500. The summed E-state index contributed by atoms with van der Waals surface area (Å²) >= 11 is 0. The Morgan fingerprint density at radius 1 is 1.31 bits per heavy atom. The van der Waals surface area contributed by atoms with E-state index in [1.54, 1.807) is 12.1 Å². The fourth-order valence-electron chi connectivity index (χ4n) is 2.23. The van der Waals surface area contributed by atoms with Crippen LogP contribution in [-0.4, -0.2) is 6.04 Å². The van der Waals surface area contributed by atoms with Gasteiger partial charge in [0.05, 0.1) is 5.56 Å². The van der Waals surface area contributed by atoms with Crippen LogP contribution in [0.5, 0.6) is 0 Å². The van der Waals surface area contributed by atoms with E-state index in [0.29, 0.717) is 5.56 Å². The molecule has 1 saturated carbocycles. The molecule has 0 aliphatic heterocycles. The molecule has 0 heterocycles. The van der Waals surface area contributed by atoms with Gasteiger partial charge < -0.3 is 5.73 Å². The van der Waals surface area contributed by atoms with Gasteiger partial charge in [-0.1, -0.05) is 18.2 Å². The molecule has 0 spiro atoms. The molecule has 2 rings (SSSR count). The summed E-state index contributed by atoms with van der Waals surface area (Å²) in [6.07, 6.45) is -3.49. The van der Waals surface area contributed by atoms with Gasteiger partial charge in [-0.05, 0) is 36.8 Å². The van der Waals surface area contributed by atoms with E-state index in [1.807, 2.05) is 6.92 Å². The van der Waals surface area contributed by atoms with E-state index in [9.17, 15) is 13.2 Å². The van der Waals surface area contributed by atoms with E-state index in [-0.39, 0.29) is 17.9 Å². The second-order valence-electron chi connectivity index (χ2n) is 4.45. The SMILES string of the molecule is C[C@H](N)[C@H]1C[C@H]1c1ccccc1C(F)(F)F. The molecule has 16 heavy (non-hydrogen) atoms. The first-order chi connectivity index (χ1) is 7.41. The van der Waals surface area contributed by atoms with E-state index in [1.165, 1.54) is 6.07 Å². The maximum atomic E-state index is 12.7. The average molecular weight is 229 g/mol. The Bertz CT molecular complexity index is 384. The summed E-state index contributed by atoms with van der Waals surface area (Å²) in [5.41, 5.74) is 5.59. The molecule has 1 fully saturated rings. The standard InChI is InChI=1S/C12H14F3N/c1-7(16)9-6-10(9)8-4-2-3-5-11(8)12(13,14)15/h2-5,7,9-10H,6,16H2,1H3/t7-,9+,10-/m0/s1. The van der Waals surface area contributed by atoms with Crippen LogP contribution in [0.3, 0.4) is 0 Å². The van der Waals surface area contributed by atoms with Crippen LogP contribution in [0, 0.1) is 5.92 Å². The predicted octanol–water partition coefficient (Wildman–Crippen LogP) is 3.16. The number of benzene rings is 1. The van der Waals surface area contributed by atoms with Crippen LogP contribution >= 0.6 is 0 Å². The summed E-state index contributed by atoms with van der Waals surface area (Å²) in [4.78, 5) is 0. The Kier molecular flexibility index (Phi) is 2.70. The zero-order valence-corrected chi connectivity index (χ0v) is 8.96. The van der Waals surface area contributed by atoms with Crippen LogP contribution in [-0.2, 0) is 6.18 Å². The molecular formula is C12H14F3N. The third-order valence-corrected chi connectivity index (χ3v) is 3.18. The first kappa shape index (κ1) is 11.5. The lowest BCUT2D eigenvalue weighted by Gasteiger charge is -2.13. The molecule has 0 amide bonds. The maximum absolute atomic E-state index is 12.7. The Morgan fingerprint density at radius 2 is 1.94 bits per heavy atom. The number of nitrogens with two attached hydrogens (primary N) is 1. The topological polar surface area (TPSA) is 26.0 Å². The molecule has 1 aliphatic carbocycles. The van der Waals surface area contributed by atoms with Gasteiger partial charge >= 0.3 is 6.18 Å². The zero-order chi connectivity index (χ0) is 11.9. The van der Waals surface area contributed by atoms with Crippen molar-refractivity contribution in [3.8, 4) is 0 Å². The first-order valence-corrected chi connectivity index (χ1v) is 5.33. The Labute approximate surface area is 92.5 Å². The van der Waals surface area contributed by atoms with Crippen molar-refractivity contribution in [2.75, 3.05) is 0 Å². The fourth-order valence-corrected chi connectivity index (χ4v) is 2.23. The van der Waals surface area contributed by atoms with Gasteiger partial charge in [-0.25, -0.2) is 0 Å². The van der Waals surface area contributed by atoms with Gasteiger partial charge in [-0.3, -0.25) is 0 Å². The molecule has 0 bridgehead atoms. The van der Waals surface area contributed by atoms with E-state index in [2.05, 4.69) is 0 Å². The summed E-state index contributed by atoms with van der Waals surface area (Å²) in [5.74, 6) is 0.182. The lowest BCUT2D eigenvalue weighted by molar-refractivity contribution is -0.138. The molecule has 1 aromatic carbocycles. The highest BCUT2D eigenvalue weighted by molar-refractivity contribution is 5.36. The van der Waals surface area contributed by atoms with E-state index in [4.69, 9.17) is 5.73 Å². The first-order valence-electron chi connectivity index (χ1n) is 5.33. The van der Waals surface area contributed by atoms with E-state index < -0.39 is 11.7 Å². The molecule has 88 valence electrons. The van der Waals surface area contributed by atoms with Crippen LogP contribution in [0.4, 0.5) is 13.2 Å². The van der Waals surface area contributed by atoms with Crippen molar-refractivity contribution in [3.05, 3.63) is 35.4 Å². The molecule has 3 atom stereocenters. The second-order valence-corrected chi connectivity index (χ2v) is 4.45. The van der Waals surface area contributed by atoms with Gasteiger partial charge in [0.25, 0.3) is 0 Å². The van der Waals surface area contributed by atoms with Gasteiger partial charge in [-0.15, -0.1) is 0 Å². The molecule has 0 unspecified atom stereocenters. The highest BCUT2D eigenvalue weighted by atomic mass is 19.4. The van der Waals surface area contributed by atoms with Crippen LogP contribution in [0.15, 0.2) is 24.3 Å². The summed E-state index contributed by atoms with van der Waals surface area (Å²) in [7, 11) is 0. The average Bonchev–Trinajstić information content (AvgIpc) is 2.95. The maximum Gasteiger partial charge on any atom is 0.416 e. The summed E-state index contributed by atoms with van der Waals surface area (Å²) < 4.78 is 38.2. The van der Waals surface area contributed by atoms with Crippen molar-refractivity contribution in [1.29, 1.82) is 0 Å². The predicted molar refractivity (Wildman–Crippen MR) is 55.9 cm³/mol. The number of alkyl halides is 3. The second kappa shape index (κ2) is 3.77. The molecule has 0 aromatic heterocycles. The van der Waals surface area contributed by atoms with Crippen molar-refractivity contribution >= 4 is 0 Å². The van der Waals surface area contributed by atoms with Crippen molar-refractivity contribution in [1.82, 2.24) is 0 Å². The third kappa shape index (κ3) is 2.07. The molecule has 0 radical (unpaired) electrons. The van der Waals surface area contributed by atoms with Gasteiger partial charge in [0.1, 0.15) is 0 Å². The van der Waals surface area contributed by atoms with E-state index in [0.717, 1.165) is 12.5 Å². The minimum absolute atomic E-state index is 0.0159. The van der Waals surface area contributed by atoms with Crippen LogP contribution in [0.2, 0.25) is 0 Å². The Hall–Kier alpha value is -1.03. The third-order valence-electron chi connectivity index (χ3n) is 3.18. The molecule has 2 N–H and O–H groups in total. The van der Waals surface area contributed by atoms with Crippen LogP contribution < -0.4 is 5.73 Å². The Balaban J connectivity index is 2.29. The minimum Gasteiger partial charge on any atom is -0.328 e. The molecule has 1 nitrogen and oxygen atoms in total. The largest absolute Gasteiger partial charge is 0.416 e. The Morgan fingerprint density at radius 3 is 2.44 bits per heavy atom. The normalized spacial score (nSPS) is 26.6. The number of halogens is 3. The summed E-state index contributed by atoms with van der Waals surface area (Å²) in [6, 6.07) is 5.75. The van der Waals surface area contributed by atoms with E-state index >= 15 is 0 Å². The lowest BCUT2D eigenvalue weighted by atomic mass is 10.0. The van der Waals surface area contributed by atoms with Crippen molar-refractivity contribution in [2.24, 2.45) is 11.7 Å². The summed E-state index contributed by atoms with van der Waals surface area (Å²) in [6.45, 7) is 1.85. The van der Waals surface area contributed by atoms with Crippen LogP contribution in [0.25, 0.3) is 0 Å². The van der Waals surface area contributed by atoms with Crippen molar-refractivity contribution in [3.63, 3.8) is 0 Å². The van der Waals surface area contributed by atoms with Gasteiger partial charge in [0.2, 0.25) is 0 Å². The lowest BCUT2D eigenvalue weighted by Crippen LogP contribution is -2.18. The summed E-state index contributed by atoms with van der Waals surface area (Å²) in [5, 5.41) is 0. The molecular weight excluding hydrogens is 215 g/mol. The molecule has 4 heteroatoms. The smallest absolute Gasteiger partial charge is 0.328 e. The number of hydrogen-bond donors (Lipinski definition) is 1. The molecule has 1 aromatic rings. The van der Waals surface area contributed by atoms with Crippen molar-refractivity contribution in [2.45, 2.75) is 31.5 Å². The molecule has 0 saturated heterocycles. The molecule has 1 aliphatic rings. The monoisotopic (exact) mass is 229 g/mol. The van der Waals surface area contributed by atoms with Gasteiger partial charge in [-0.2, -0.15) is 13.2 Å². The quantitative estimate of drug-likeness (QED) is 0.828. The van der Waals surface area contributed by atoms with Crippen molar-refractivity contribution < 1.29 is 13.2 Å². The minimum atomic E-state index is -4.26. The number of rotatable bonds is 2. The van der Waals surface area contributed by atoms with Crippen LogP contribution in [0.1, 0.15) is 30.4 Å². The highest BCUT2D eigenvalue weighted by Gasteiger charge is 2.45. The van der Waals surface area contributed by atoms with Gasteiger partial charge in [0.15, 0.2) is 0 Å².